The van der Waals surface area contributed by atoms with Gasteiger partial charge in [0, 0.05) is 32.0 Å². The summed E-state index contributed by atoms with van der Waals surface area (Å²) in [6.45, 7) is 0. The SMILES string of the molecule is CN(C)c1cccc(Oc2nccc(C#N)c2N)c1. The standard InChI is InChI=1S/C14H14N4O/c1-18(2)11-4-3-5-12(8-11)19-14-13(16)10(9-15)6-7-17-14/h3-8H,16H2,1-2H3. The van der Waals surface area contributed by atoms with Crippen LogP contribution < -0.4 is 15.4 Å². The molecule has 0 amide bonds. The van der Waals surface area contributed by atoms with Gasteiger partial charge in [-0.25, -0.2) is 4.98 Å². The molecular weight excluding hydrogens is 240 g/mol. The van der Waals surface area contributed by atoms with Crippen LogP contribution in [0.1, 0.15) is 5.56 Å². The monoisotopic (exact) mass is 254 g/mol. The smallest absolute Gasteiger partial charge is 0.244 e. The molecule has 0 aliphatic rings. The van der Waals surface area contributed by atoms with Gasteiger partial charge in [-0.05, 0) is 18.2 Å². The summed E-state index contributed by atoms with van der Waals surface area (Å²) < 4.78 is 5.63. The van der Waals surface area contributed by atoms with Crippen molar-refractivity contribution in [1.82, 2.24) is 4.98 Å². The lowest BCUT2D eigenvalue weighted by molar-refractivity contribution is 0.465. The first kappa shape index (κ1) is 12.7. The molecule has 0 bridgehead atoms. The van der Waals surface area contributed by atoms with Crippen molar-refractivity contribution in [2.24, 2.45) is 0 Å². The third kappa shape index (κ3) is 2.75. The summed E-state index contributed by atoms with van der Waals surface area (Å²) in [6.07, 6.45) is 1.50. The highest BCUT2D eigenvalue weighted by atomic mass is 16.5. The molecule has 0 spiro atoms. The molecule has 0 saturated heterocycles. The Morgan fingerprint density at radius 1 is 1.32 bits per heavy atom. The molecule has 0 unspecified atom stereocenters. The van der Waals surface area contributed by atoms with Gasteiger partial charge in [0.15, 0.2) is 0 Å². The van der Waals surface area contributed by atoms with E-state index in [0.29, 0.717) is 11.3 Å². The Hall–Kier alpha value is -2.74. The van der Waals surface area contributed by atoms with Crippen molar-refractivity contribution in [2.45, 2.75) is 0 Å². The predicted octanol–water partition coefficient (Wildman–Crippen LogP) is 2.39. The Kier molecular flexibility index (Phi) is 3.53. The Labute approximate surface area is 111 Å². The van der Waals surface area contributed by atoms with E-state index >= 15 is 0 Å². The number of nitrogens with two attached hydrogens (primary N) is 1. The van der Waals surface area contributed by atoms with Gasteiger partial charge < -0.3 is 15.4 Å². The number of aromatic nitrogens is 1. The molecule has 96 valence electrons. The Bertz CT molecular complexity index is 632. The number of nitrogens with zero attached hydrogens (tertiary/aromatic N) is 3. The zero-order chi connectivity index (χ0) is 13.8. The van der Waals surface area contributed by atoms with Crippen LogP contribution in [-0.2, 0) is 0 Å². The van der Waals surface area contributed by atoms with Crippen LogP contribution in [0, 0.1) is 11.3 Å². The molecule has 2 aromatic rings. The fourth-order valence-corrected chi connectivity index (χ4v) is 1.57. The molecule has 2 N–H and O–H groups in total. The average Bonchev–Trinajstić information content (AvgIpc) is 2.41. The van der Waals surface area contributed by atoms with Gasteiger partial charge in [0.05, 0.1) is 5.56 Å². The van der Waals surface area contributed by atoms with Crippen molar-refractivity contribution < 1.29 is 4.74 Å². The first-order valence-corrected chi connectivity index (χ1v) is 5.71. The van der Waals surface area contributed by atoms with E-state index in [9.17, 15) is 0 Å². The van der Waals surface area contributed by atoms with Crippen LogP contribution in [-0.4, -0.2) is 19.1 Å². The second kappa shape index (κ2) is 5.27. The number of rotatable bonds is 3. The second-order valence-electron chi connectivity index (χ2n) is 4.18. The molecule has 1 aromatic heterocycles. The number of nitriles is 1. The molecule has 5 nitrogen and oxygen atoms in total. The highest BCUT2D eigenvalue weighted by molar-refractivity contribution is 5.61. The van der Waals surface area contributed by atoms with E-state index in [4.69, 9.17) is 15.7 Å². The molecule has 0 saturated carbocycles. The molecule has 5 heteroatoms. The summed E-state index contributed by atoms with van der Waals surface area (Å²) in [4.78, 5) is 6.01. The summed E-state index contributed by atoms with van der Waals surface area (Å²) in [7, 11) is 3.89. The van der Waals surface area contributed by atoms with Crippen LogP contribution in [0.2, 0.25) is 0 Å². The maximum Gasteiger partial charge on any atom is 0.244 e. The van der Waals surface area contributed by atoms with Crippen molar-refractivity contribution >= 4 is 11.4 Å². The average molecular weight is 254 g/mol. The highest BCUT2D eigenvalue weighted by Gasteiger charge is 2.08. The minimum absolute atomic E-state index is 0.245. The number of pyridine rings is 1. The molecule has 0 aliphatic heterocycles. The van der Waals surface area contributed by atoms with Gasteiger partial charge in [0.1, 0.15) is 17.5 Å². The van der Waals surface area contributed by atoms with E-state index in [1.165, 1.54) is 6.20 Å². The molecule has 2 rings (SSSR count). The summed E-state index contributed by atoms with van der Waals surface area (Å²) >= 11 is 0. The fraction of sp³-hybridized carbons (Fsp3) is 0.143. The number of hydrogen-bond acceptors (Lipinski definition) is 5. The van der Waals surface area contributed by atoms with Crippen molar-refractivity contribution in [1.29, 1.82) is 5.26 Å². The normalized spacial score (nSPS) is 9.74. The number of ether oxygens (including phenoxy) is 1. The van der Waals surface area contributed by atoms with Crippen molar-refractivity contribution in [2.75, 3.05) is 24.7 Å². The van der Waals surface area contributed by atoms with E-state index in [1.807, 2.05) is 49.3 Å². The number of anilines is 2. The predicted molar refractivity (Wildman–Crippen MR) is 74.2 cm³/mol. The maximum absolute atomic E-state index is 8.91. The number of hydrogen-bond donors (Lipinski definition) is 1. The third-order valence-electron chi connectivity index (χ3n) is 2.62. The van der Waals surface area contributed by atoms with Gasteiger partial charge in [-0.3, -0.25) is 0 Å². The van der Waals surface area contributed by atoms with E-state index in [0.717, 1.165) is 5.69 Å². The molecule has 0 fully saturated rings. The van der Waals surface area contributed by atoms with Crippen LogP contribution in [0.3, 0.4) is 0 Å². The van der Waals surface area contributed by atoms with Crippen LogP contribution >= 0.6 is 0 Å². The Balaban J connectivity index is 2.32. The van der Waals surface area contributed by atoms with E-state index in [-0.39, 0.29) is 11.6 Å². The minimum atomic E-state index is 0.245. The first-order chi connectivity index (χ1) is 9.11. The van der Waals surface area contributed by atoms with Crippen molar-refractivity contribution in [3.8, 4) is 17.7 Å². The molecule has 1 aromatic carbocycles. The summed E-state index contributed by atoms with van der Waals surface area (Å²) in [5.74, 6) is 0.871. The molecule has 19 heavy (non-hydrogen) atoms. The minimum Gasteiger partial charge on any atom is -0.437 e. The van der Waals surface area contributed by atoms with Crippen LogP contribution in [0.5, 0.6) is 11.6 Å². The maximum atomic E-state index is 8.91. The lowest BCUT2D eigenvalue weighted by Gasteiger charge is -2.14. The Morgan fingerprint density at radius 3 is 2.79 bits per heavy atom. The topological polar surface area (TPSA) is 75.2 Å². The lowest BCUT2D eigenvalue weighted by Crippen LogP contribution is -2.08. The van der Waals surface area contributed by atoms with Gasteiger partial charge in [0.25, 0.3) is 0 Å². The zero-order valence-electron chi connectivity index (χ0n) is 10.8. The molecule has 0 radical (unpaired) electrons. The van der Waals surface area contributed by atoms with Crippen LogP contribution in [0.4, 0.5) is 11.4 Å². The fourth-order valence-electron chi connectivity index (χ4n) is 1.57. The van der Waals surface area contributed by atoms with E-state index in [2.05, 4.69) is 4.98 Å². The van der Waals surface area contributed by atoms with Gasteiger partial charge in [-0.1, -0.05) is 6.07 Å². The highest BCUT2D eigenvalue weighted by Crippen LogP contribution is 2.29. The molecule has 1 heterocycles. The van der Waals surface area contributed by atoms with Crippen LogP contribution in [0.25, 0.3) is 0 Å². The summed E-state index contributed by atoms with van der Waals surface area (Å²) in [6, 6.07) is 11.1. The number of nitrogen functional groups attached to an aromatic ring is 1. The second-order valence-corrected chi connectivity index (χ2v) is 4.18. The molecule has 0 aliphatic carbocycles. The van der Waals surface area contributed by atoms with Gasteiger partial charge in [-0.15, -0.1) is 0 Å². The van der Waals surface area contributed by atoms with Crippen LogP contribution in [0.15, 0.2) is 36.5 Å². The summed E-state index contributed by atoms with van der Waals surface area (Å²) in [5, 5.41) is 8.91. The molecule has 0 atom stereocenters. The van der Waals surface area contributed by atoms with Gasteiger partial charge in [-0.2, -0.15) is 5.26 Å². The van der Waals surface area contributed by atoms with Gasteiger partial charge in [0.2, 0.25) is 5.88 Å². The number of benzene rings is 1. The summed E-state index contributed by atoms with van der Waals surface area (Å²) in [5.41, 5.74) is 7.43. The quantitative estimate of drug-likeness (QED) is 0.910. The van der Waals surface area contributed by atoms with E-state index < -0.39 is 0 Å². The van der Waals surface area contributed by atoms with Crippen molar-refractivity contribution in [3.05, 3.63) is 42.1 Å². The Morgan fingerprint density at radius 2 is 2.11 bits per heavy atom. The van der Waals surface area contributed by atoms with E-state index in [1.54, 1.807) is 6.07 Å². The third-order valence-corrected chi connectivity index (χ3v) is 2.62. The zero-order valence-corrected chi connectivity index (χ0v) is 10.8. The largest absolute Gasteiger partial charge is 0.437 e. The van der Waals surface area contributed by atoms with Gasteiger partial charge >= 0.3 is 0 Å². The van der Waals surface area contributed by atoms with Crippen molar-refractivity contribution in [3.63, 3.8) is 0 Å². The first-order valence-electron chi connectivity index (χ1n) is 5.71. The lowest BCUT2D eigenvalue weighted by atomic mass is 10.2. The molecular formula is C14H14N4O.